The van der Waals surface area contributed by atoms with Crippen LogP contribution in [0.3, 0.4) is 0 Å². The summed E-state index contributed by atoms with van der Waals surface area (Å²) in [6.45, 7) is 7.59. The summed E-state index contributed by atoms with van der Waals surface area (Å²) >= 11 is 1.83. The number of hydrogen-bond acceptors (Lipinski definition) is 3. The number of hydrogen-bond donors (Lipinski definition) is 1. The standard InChI is InChI=1S/C13H22N2S/c1-9(13-10(2)15-11(3)16-13)14-8-4-5-12-6-7-12/h9,12,14H,4-8H2,1-3H3. The third-order valence-electron chi connectivity index (χ3n) is 3.27. The first-order chi connectivity index (χ1) is 7.66. The van der Waals surface area contributed by atoms with Crippen LogP contribution in [0.1, 0.15) is 54.2 Å². The van der Waals surface area contributed by atoms with Crippen LogP contribution in [0.15, 0.2) is 0 Å². The van der Waals surface area contributed by atoms with Crippen LogP contribution in [0.25, 0.3) is 0 Å². The molecule has 2 rings (SSSR count). The first kappa shape index (κ1) is 12.1. The molecule has 1 N–H and O–H groups in total. The predicted octanol–water partition coefficient (Wildman–Crippen LogP) is 3.60. The number of nitrogens with zero attached hydrogens (tertiary/aromatic N) is 1. The Morgan fingerprint density at radius 1 is 1.44 bits per heavy atom. The quantitative estimate of drug-likeness (QED) is 0.766. The smallest absolute Gasteiger partial charge is 0.0900 e. The fraction of sp³-hybridized carbons (Fsp3) is 0.769. The van der Waals surface area contributed by atoms with Crippen molar-refractivity contribution < 1.29 is 0 Å². The molecule has 1 saturated carbocycles. The van der Waals surface area contributed by atoms with E-state index >= 15 is 0 Å². The van der Waals surface area contributed by atoms with E-state index in [4.69, 9.17) is 0 Å². The van der Waals surface area contributed by atoms with Gasteiger partial charge in [-0.25, -0.2) is 4.98 Å². The van der Waals surface area contributed by atoms with Gasteiger partial charge in [0.2, 0.25) is 0 Å². The molecule has 0 aliphatic heterocycles. The number of rotatable bonds is 6. The minimum absolute atomic E-state index is 0.463. The van der Waals surface area contributed by atoms with Gasteiger partial charge in [-0.1, -0.05) is 12.8 Å². The summed E-state index contributed by atoms with van der Waals surface area (Å²) in [5.74, 6) is 1.06. The van der Waals surface area contributed by atoms with Crippen molar-refractivity contribution in [3.8, 4) is 0 Å². The summed E-state index contributed by atoms with van der Waals surface area (Å²) in [7, 11) is 0. The lowest BCUT2D eigenvalue weighted by atomic mass is 10.2. The van der Waals surface area contributed by atoms with Crippen molar-refractivity contribution in [2.75, 3.05) is 6.54 Å². The molecule has 1 aromatic rings. The van der Waals surface area contributed by atoms with E-state index in [0.717, 1.165) is 12.5 Å². The molecule has 1 aliphatic rings. The highest BCUT2D eigenvalue weighted by Gasteiger charge is 2.20. The monoisotopic (exact) mass is 238 g/mol. The molecule has 0 aromatic carbocycles. The number of aromatic nitrogens is 1. The van der Waals surface area contributed by atoms with Crippen LogP contribution in [0.5, 0.6) is 0 Å². The lowest BCUT2D eigenvalue weighted by Gasteiger charge is -2.12. The van der Waals surface area contributed by atoms with Gasteiger partial charge in [-0.15, -0.1) is 11.3 Å². The normalized spacial score (nSPS) is 17.7. The molecule has 1 fully saturated rings. The number of thiazole rings is 1. The number of aryl methyl sites for hydroxylation is 2. The summed E-state index contributed by atoms with van der Waals surface area (Å²) < 4.78 is 0. The molecule has 0 radical (unpaired) electrons. The Bertz CT molecular complexity index is 342. The van der Waals surface area contributed by atoms with Crippen molar-refractivity contribution >= 4 is 11.3 Å². The average molecular weight is 238 g/mol. The lowest BCUT2D eigenvalue weighted by Crippen LogP contribution is -2.19. The second kappa shape index (κ2) is 5.28. The summed E-state index contributed by atoms with van der Waals surface area (Å²) in [5.41, 5.74) is 1.20. The molecule has 1 atom stereocenters. The van der Waals surface area contributed by atoms with Crippen molar-refractivity contribution in [3.05, 3.63) is 15.6 Å². The molecule has 3 heteroatoms. The molecule has 16 heavy (non-hydrogen) atoms. The summed E-state index contributed by atoms with van der Waals surface area (Å²) in [5, 5.41) is 4.79. The molecule has 1 aromatic heterocycles. The van der Waals surface area contributed by atoms with Gasteiger partial charge >= 0.3 is 0 Å². The molecule has 1 aliphatic carbocycles. The molecule has 0 saturated heterocycles. The Morgan fingerprint density at radius 2 is 2.19 bits per heavy atom. The lowest BCUT2D eigenvalue weighted by molar-refractivity contribution is 0.536. The molecular weight excluding hydrogens is 216 g/mol. The van der Waals surface area contributed by atoms with Gasteiger partial charge in [0.15, 0.2) is 0 Å². The topological polar surface area (TPSA) is 24.9 Å². The van der Waals surface area contributed by atoms with Crippen LogP contribution < -0.4 is 5.32 Å². The predicted molar refractivity (Wildman–Crippen MR) is 70.0 cm³/mol. The van der Waals surface area contributed by atoms with E-state index < -0.39 is 0 Å². The van der Waals surface area contributed by atoms with E-state index in [2.05, 4.69) is 31.1 Å². The summed E-state index contributed by atoms with van der Waals surface area (Å²) in [6, 6.07) is 0.463. The Balaban J connectivity index is 1.73. The molecule has 1 unspecified atom stereocenters. The maximum absolute atomic E-state index is 4.48. The van der Waals surface area contributed by atoms with Crippen LogP contribution in [0, 0.1) is 19.8 Å². The van der Waals surface area contributed by atoms with Crippen molar-refractivity contribution in [1.82, 2.24) is 10.3 Å². The van der Waals surface area contributed by atoms with Gasteiger partial charge < -0.3 is 5.32 Å². The fourth-order valence-electron chi connectivity index (χ4n) is 2.16. The zero-order valence-electron chi connectivity index (χ0n) is 10.5. The van der Waals surface area contributed by atoms with Crippen LogP contribution in [-0.4, -0.2) is 11.5 Å². The van der Waals surface area contributed by atoms with Crippen molar-refractivity contribution in [3.63, 3.8) is 0 Å². The van der Waals surface area contributed by atoms with Crippen LogP contribution >= 0.6 is 11.3 Å². The largest absolute Gasteiger partial charge is 0.309 e. The third-order valence-corrected chi connectivity index (χ3v) is 4.52. The van der Waals surface area contributed by atoms with Gasteiger partial charge in [-0.05, 0) is 46.1 Å². The maximum Gasteiger partial charge on any atom is 0.0900 e. The first-order valence-corrected chi connectivity index (χ1v) is 7.15. The SMILES string of the molecule is Cc1nc(C)c(C(C)NCCCC2CC2)s1. The Morgan fingerprint density at radius 3 is 2.75 bits per heavy atom. The van der Waals surface area contributed by atoms with E-state index in [-0.39, 0.29) is 0 Å². The first-order valence-electron chi connectivity index (χ1n) is 6.34. The minimum Gasteiger partial charge on any atom is -0.309 e. The van der Waals surface area contributed by atoms with Gasteiger partial charge in [0.1, 0.15) is 0 Å². The second-order valence-electron chi connectivity index (χ2n) is 4.94. The van der Waals surface area contributed by atoms with E-state index in [0.29, 0.717) is 6.04 Å². The molecule has 1 heterocycles. The van der Waals surface area contributed by atoms with Gasteiger partial charge in [0.05, 0.1) is 10.7 Å². The highest BCUT2D eigenvalue weighted by atomic mass is 32.1. The minimum atomic E-state index is 0.463. The van der Waals surface area contributed by atoms with E-state index in [1.165, 1.54) is 41.3 Å². The fourth-order valence-corrected chi connectivity index (χ4v) is 3.11. The Hall–Kier alpha value is -0.410. The number of nitrogens with one attached hydrogen (secondary N) is 1. The van der Waals surface area contributed by atoms with Gasteiger partial charge in [0, 0.05) is 10.9 Å². The third kappa shape index (κ3) is 3.29. The zero-order chi connectivity index (χ0) is 11.5. The van der Waals surface area contributed by atoms with E-state index in [1.54, 1.807) is 0 Å². The van der Waals surface area contributed by atoms with E-state index in [9.17, 15) is 0 Å². The molecule has 0 bridgehead atoms. The van der Waals surface area contributed by atoms with Crippen LogP contribution in [0.4, 0.5) is 0 Å². The van der Waals surface area contributed by atoms with Gasteiger partial charge in [-0.2, -0.15) is 0 Å². The van der Waals surface area contributed by atoms with Crippen molar-refractivity contribution in [1.29, 1.82) is 0 Å². The molecule has 90 valence electrons. The molecular formula is C13H22N2S. The summed E-state index contributed by atoms with van der Waals surface area (Å²) in [4.78, 5) is 5.88. The van der Waals surface area contributed by atoms with Gasteiger partial charge in [0.25, 0.3) is 0 Å². The maximum atomic E-state index is 4.48. The average Bonchev–Trinajstić information content (AvgIpc) is 2.98. The van der Waals surface area contributed by atoms with Crippen LogP contribution in [-0.2, 0) is 0 Å². The Kier molecular flexibility index (Phi) is 3.98. The molecule has 0 spiro atoms. The zero-order valence-corrected chi connectivity index (χ0v) is 11.4. The van der Waals surface area contributed by atoms with Crippen LogP contribution in [0.2, 0.25) is 0 Å². The molecule has 0 amide bonds. The molecule has 2 nitrogen and oxygen atoms in total. The summed E-state index contributed by atoms with van der Waals surface area (Å²) in [6.07, 6.45) is 5.69. The Labute approximate surface area is 102 Å². The van der Waals surface area contributed by atoms with Gasteiger partial charge in [-0.3, -0.25) is 0 Å². The highest BCUT2D eigenvalue weighted by Crippen LogP contribution is 2.33. The van der Waals surface area contributed by atoms with Crippen molar-refractivity contribution in [2.45, 2.75) is 52.5 Å². The second-order valence-corrected chi connectivity index (χ2v) is 6.18. The van der Waals surface area contributed by atoms with E-state index in [1.807, 2.05) is 11.3 Å². The van der Waals surface area contributed by atoms with Crippen molar-refractivity contribution in [2.24, 2.45) is 5.92 Å². The highest BCUT2D eigenvalue weighted by molar-refractivity contribution is 7.11.